The van der Waals surface area contributed by atoms with Gasteiger partial charge in [-0.1, -0.05) is 18.2 Å². The fourth-order valence-corrected chi connectivity index (χ4v) is 2.45. The SMILES string of the molecule is C[C@]1(O)CN(CC(N)=O)CC[C@@H]1Oc1ccccc1. The van der Waals surface area contributed by atoms with Crippen LogP contribution in [0.3, 0.4) is 0 Å². The van der Waals surface area contributed by atoms with Crippen LogP contribution >= 0.6 is 0 Å². The van der Waals surface area contributed by atoms with E-state index in [1.165, 1.54) is 0 Å². The van der Waals surface area contributed by atoms with Crippen LogP contribution in [0.4, 0.5) is 0 Å². The summed E-state index contributed by atoms with van der Waals surface area (Å²) in [7, 11) is 0. The first-order valence-corrected chi connectivity index (χ1v) is 6.42. The van der Waals surface area contributed by atoms with Crippen LogP contribution in [0.15, 0.2) is 30.3 Å². The van der Waals surface area contributed by atoms with Gasteiger partial charge in [-0.2, -0.15) is 0 Å². The summed E-state index contributed by atoms with van der Waals surface area (Å²) >= 11 is 0. The van der Waals surface area contributed by atoms with Crippen LogP contribution in [0.1, 0.15) is 13.3 Å². The van der Waals surface area contributed by atoms with Gasteiger partial charge in [0.05, 0.1) is 6.54 Å². The van der Waals surface area contributed by atoms with Crippen LogP contribution in [0.2, 0.25) is 0 Å². The standard InChI is InChI=1S/C14H20N2O3/c1-14(18)10-16(9-13(15)17)8-7-12(14)19-11-5-3-2-4-6-11/h2-6,12,18H,7-10H2,1H3,(H2,15,17)/t12-,14-/m0/s1. The van der Waals surface area contributed by atoms with Gasteiger partial charge in [-0.15, -0.1) is 0 Å². The van der Waals surface area contributed by atoms with Gasteiger partial charge in [0.15, 0.2) is 0 Å². The zero-order valence-electron chi connectivity index (χ0n) is 11.1. The Bertz CT molecular complexity index is 434. The number of primary amides is 1. The highest BCUT2D eigenvalue weighted by molar-refractivity contribution is 5.75. The van der Waals surface area contributed by atoms with Crippen LogP contribution in [0.5, 0.6) is 5.75 Å². The number of ether oxygens (including phenoxy) is 1. The number of likely N-dealkylation sites (tertiary alicyclic amines) is 1. The molecule has 1 aliphatic heterocycles. The summed E-state index contributed by atoms with van der Waals surface area (Å²) in [6, 6.07) is 9.44. The molecule has 0 spiro atoms. The van der Waals surface area contributed by atoms with Crippen molar-refractivity contribution in [1.29, 1.82) is 0 Å². The van der Waals surface area contributed by atoms with Crippen molar-refractivity contribution in [3.63, 3.8) is 0 Å². The van der Waals surface area contributed by atoms with Crippen molar-refractivity contribution in [3.8, 4) is 5.75 Å². The summed E-state index contributed by atoms with van der Waals surface area (Å²) in [5, 5.41) is 10.5. The lowest BCUT2D eigenvalue weighted by Crippen LogP contribution is -2.58. The van der Waals surface area contributed by atoms with E-state index in [2.05, 4.69) is 0 Å². The Kier molecular flexibility index (Phi) is 4.07. The number of carbonyl (C=O) groups is 1. The van der Waals surface area contributed by atoms with E-state index in [1.54, 1.807) is 6.92 Å². The van der Waals surface area contributed by atoms with Gasteiger partial charge in [0.25, 0.3) is 0 Å². The summed E-state index contributed by atoms with van der Waals surface area (Å²) in [5.74, 6) is 0.370. The maximum Gasteiger partial charge on any atom is 0.231 e. The molecule has 3 N–H and O–H groups in total. The van der Waals surface area contributed by atoms with Crippen LogP contribution in [0, 0.1) is 0 Å². The minimum absolute atomic E-state index is 0.175. The molecule has 1 fully saturated rings. The summed E-state index contributed by atoms with van der Waals surface area (Å²) in [6.07, 6.45) is 0.383. The van der Waals surface area contributed by atoms with Crippen molar-refractivity contribution in [2.45, 2.75) is 25.0 Å². The number of aliphatic hydroxyl groups is 1. The first kappa shape index (κ1) is 13.8. The predicted molar refractivity (Wildman–Crippen MR) is 71.7 cm³/mol. The Morgan fingerprint density at radius 1 is 1.53 bits per heavy atom. The normalized spacial score (nSPS) is 28.0. The number of piperidine rings is 1. The van der Waals surface area contributed by atoms with E-state index in [4.69, 9.17) is 10.5 Å². The second kappa shape index (κ2) is 5.59. The second-order valence-corrected chi connectivity index (χ2v) is 5.24. The van der Waals surface area contributed by atoms with Crippen molar-refractivity contribution in [3.05, 3.63) is 30.3 Å². The molecule has 0 saturated carbocycles. The molecule has 2 atom stereocenters. The molecule has 2 rings (SSSR count). The first-order valence-electron chi connectivity index (χ1n) is 6.42. The molecule has 1 aromatic carbocycles. The number of amides is 1. The van der Waals surface area contributed by atoms with Gasteiger partial charge in [-0.05, 0) is 25.5 Å². The van der Waals surface area contributed by atoms with Crippen molar-refractivity contribution in [2.75, 3.05) is 19.6 Å². The minimum Gasteiger partial charge on any atom is -0.487 e. The molecule has 1 heterocycles. The van der Waals surface area contributed by atoms with Crippen molar-refractivity contribution in [2.24, 2.45) is 5.73 Å². The van der Waals surface area contributed by atoms with Gasteiger partial charge in [0, 0.05) is 13.1 Å². The summed E-state index contributed by atoms with van der Waals surface area (Å²) in [5.41, 5.74) is 4.18. The van der Waals surface area contributed by atoms with E-state index in [0.717, 1.165) is 5.75 Å². The van der Waals surface area contributed by atoms with Gasteiger partial charge in [0.2, 0.25) is 5.91 Å². The number of carbonyl (C=O) groups excluding carboxylic acids is 1. The topological polar surface area (TPSA) is 75.8 Å². The van der Waals surface area contributed by atoms with Gasteiger partial charge >= 0.3 is 0 Å². The van der Waals surface area contributed by atoms with Crippen LogP contribution in [-0.4, -0.2) is 47.3 Å². The molecule has 0 bridgehead atoms. The number of β-amino-alcohol motifs (C(OH)–C–C–N with tert-alkyl or cyclic N) is 1. The number of nitrogens with zero attached hydrogens (tertiary/aromatic N) is 1. The van der Waals surface area contributed by atoms with E-state index in [1.807, 2.05) is 35.2 Å². The summed E-state index contributed by atoms with van der Waals surface area (Å²) < 4.78 is 5.83. The third-order valence-corrected chi connectivity index (χ3v) is 3.35. The lowest BCUT2D eigenvalue weighted by molar-refractivity contribution is -0.125. The van der Waals surface area contributed by atoms with Gasteiger partial charge in [-0.25, -0.2) is 0 Å². The van der Waals surface area contributed by atoms with Crippen molar-refractivity contribution >= 4 is 5.91 Å². The predicted octanol–water partition coefficient (Wildman–Crippen LogP) is 0.376. The van der Waals surface area contributed by atoms with Crippen LogP contribution < -0.4 is 10.5 Å². The molecule has 104 valence electrons. The zero-order valence-corrected chi connectivity index (χ0v) is 11.1. The van der Waals surface area contributed by atoms with Crippen LogP contribution in [0.25, 0.3) is 0 Å². The van der Waals surface area contributed by atoms with E-state index >= 15 is 0 Å². The Balaban J connectivity index is 1.98. The number of benzene rings is 1. The number of hydrogen-bond acceptors (Lipinski definition) is 4. The number of hydrogen-bond donors (Lipinski definition) is 2. The second-order valence-electron chi connectivity index (χ2n) is 5.24. The molecular weight excluding hydrogens is 244 g/mol. The maximum absolute atomic E-state index is 10.9. The highest BCUT2D eigenvalue weighted by Crippen LogP contribution is 2.26. The minimum atomic E-state index is -0.996. The van der Waals surface area contributed by atoms with E-state index in [0.29, 0.717) is 19.5 Å². The van der Waals surface area contributed by atoms with Gasteiger partial charge in [-0.3, -0.25) is 9.69 Å². The van der Waals surface area contributed by atoms with E-state index in [9.17, 15) is 9.90 Å². The lowest BCUT2D eigenvalue weighted by Gasteiger charge is -2.42. The molecule has 1 aliphatic rings. The Labute approximate surface area is 113 Å². The Hall–Kier alpha value is -1.59. The smallest absolute Gasteiger partial charge is 0.231 e. The van der Waals surface area contributed by atoms with Crippen molar-refractivity contribution in [1.82, 2.24) is 4.90 Å². The van der Waals surface area contributed by atoms with Crippen molar-refractivity contribution < 1.29 is 14.6 Å². The van der Waals surface area contributed by atoms with Gasteiger partial charge in [0.1, 0.15) is 17.5 Å². The third kappa shape index (κ3) is 3.68. The molecule has 0 radical (unpaired) electrons. The van der Waals surface area contributed by atoms with Crippen LogP contribution in [-0.2, 0) is 4.79 Å². The average molecular weight is 264 g/mol. The molecule has 0 unspecified atom stereocenters. The quantitative estimate of drug-likeness (QED) is 0.824. The monoisotopic (exact) mass is 264 g/mol. The first-order chi connectivity index (χ1) is 8.97. The highest BCUT2D eigenvalue weighted by Gasteiger charge is 2.39. The molecule has 5 nitrogen and oxygen atoms in total. The zero-order chi connectivity index (χ0) is 13.9. The molecule has 0 aliphatic carbocycles. The number of para-hydroxylation sites is 1. The summed E-state index contributed by atoms with van der Waals surface area (Å²) in [6.45, 7) is 2.98. The summed E-state index contributed by atoms with van der Waals surface area (Å²) in [4.78, 5) is 12.8. The average Bonchev–Trinajstić information content (AvgIpc) is 2.33. The van der Waals surface area contributed by atoms with E-state index in [-0.39, 0.29) is 18.6 Å². The molecule has 1 amide bonds. The fraction of sp³-hybridized carbons (Fsp3) is 0.500. The molecule has 1 aromatic rings. The molecular formula is C14H20N2O3. The third-order valence-electron chi connectivity index (χ3n) is 3.35. The van der Waals surface area contributed by atoms with Gasteiger partial charge < -0.3 is 15.6 Å². The molecule has 19 heavy (non-hydrogen) atoms. The lowest BCUT2D eigenvalue weighted by atomic mass is 9.91. The fourth-order valence-electron chi connectivity index (χ4n) is 2.45. The Morgan fingerprint density at radius 2 is 2.21 bits per heavy atom. The largest absolute Gasteiger partial charge is 0.487 e. The maximum atomic E-state index is 10.9. The molecule has 5 heteroatoms. The number of rotatable bonds is 4. The van der Waals surface area contributed by atoms with E-state index < -0.39 is 5.60 Å². The molecule has 0 aromatic heterocycles. The Morgan fingerprint density at radius 3 is 2.79 bits per heavy atom. The molecule has 1 saturated heterocycles. The number of nitrogens with two attached hydrogens (primary N) is 1. The highest BCUT2D eigenvalue weighted by atomic mass is 16.5.